The SMILES string of the molecule is CC(C)Oc1ccc(NC(=O)c2ccnc(NC3CCCCCC3)n2)cc1. The third kappa shape index (κ3) is 5.94. The van der Waals surface area contributed by atoms with Crippen LogP contribution in [-0.2, 0) is 0 Å². The first-order valence-electron chi connectivity index (χ1n) is 9.78. The maximum absolute atomic E-state index is 12.5. The van der Waals surface area contributed by atoms with Crippen LogP contribution in [0.1, 0.15) is 62.9 Å². The summed E-state index contributed by atoms with van der Waals surface area (Å²) >= 11 is 0. The molecule has 2 N–H and O–H groups in total. The zero-order valence-electron chi connectivity index (χ0n) is 16.1. The summed E-state index contributed by atoms with van der Waals surface area (Å²) in [6.45, 7) is 3.96. The van der Waals surface area contributed by atoms with Gasteiger partial charge in [0.25, 0.3) is 5.91 Å². The van der Waals surface area contributed by atoms with E-state index < -0.39 is 0 Å². The molecule has 0 atom stereocenters. The number of benzene rings is 1. The molecule has 1 aromatic carbocycles. The van der Waals surface area contributed by atoms with Crippen molar-refractivity contribution in [3.8, 4) is 5.75 Å². The van der Waals surface area contributed by atoms with Crippen LogP contribution in [0.5, 0.6) is 5.75 Å². The second-order valence-electron chi connectivity index (χ2n) is 7.24. The number of amides is 1. The van der Waals surface area contributed by atoms with Crippen molar-refractivity contribution in [2.45, 2.75) is 64.5 Å². The highest BCUT2D eigenvalue weighted by Gasteiger charge is 2.15. The Kier molecular flexibility index (Phi) is 6.63. The van der Waals surface area contributed by atoms with Crippen molar-refractivity contribution in [3.63, 3.8) is 0 Å². The maximum atomic E-state index is 12.5. The lowest BCUT2D eigenvalue weighted by molar-refractivity contribution is 0.102. The Morgan fingerprint density at radius 3 is 2.44 bits per heavy atom. The van der Waals surface area contributed by atoms with E-state index in [4.69, 9.17) is 4.74 Å². The van der Waals surface area contributed by atoms with Gasteiger partial charge in [-0.25, -0.2) is 9.97 Å². The van der Waals surface area contributed by atoms with Crippen LogP contribution in [0.4, 0.5) is 11.6 Å². The quantitative estimate of drug-likeness (QED) is 0.726. The topological polar surface area (TPSA) is 76.1 Å². The molecule has 1 aromatic heterocycles. The lowest BCUT2D eigenvalue weighted by Crippen LogP contribution is -2.21. The zero-order valence-corrected chi connectivity index (χ0v) is 16.1. The van der Waals surface area contributed by atoms with E-state index in [-0.39, 0.29) is 12.0 Å². The molecule has 1 saturated carbocycles. The molecule has 1 heterocycles. The molecule has 6 heteroatoms. The van der Waals surface area contributed by atoms with E-state index in [2.05, 4.69) is 20.6 Å². The molecule has 0 aliphatic heterocycles. The van der Waals surface area contributed by atoms with Gasteiger partial charge in [0.1, 0.15) is 11.4 Å². The molecular formula is C21H28N4O2. The van der Waals surface area contributed by atoms with Crippen molar-refractivity contribution in [2.75, 3.05) is 10.6 Å². The van der Waals surface area contributed by atoms with Gasteiger partial charge in [0.15, 0.2) is 0 Å². The molecule has 0 spiro atoms. The van der Waals surface area contributed by atoms with Crippen molar-refractivity contribution in [1.29, 1.82) is 0 Å². The van der Waals surface area contributed by atoms with Gasteiger partial charge in [-0.1, -0.05) is 25.7 Å². The number of rotatable bonds is 6. The van der Waals surface area contributed by atoms with Crippen LogP contribution in [0, 0.1) is 0 Å². The Bertz CT molecular complexity index is 738. The van der Waals surface area contributed by atoms with Crippen molar-refractivity contribution in [1.82, 2.24) is 9.97 Å². The summed E-state index contributed by atoms with van der Waals surface area (Å²) in [6.07, 6.45) is 9.05. The Morgan fingerprint density at radius 1 is 1.07 bits per heavy atom. The Morgan fingerprint density at radius 2 is 1.78 bits per heavy atom. The predicted molar refractivity (Wildman–Crippen MR) is 107 cm³/mol. The van der Waals surface area contributed by atoms with Gasteiger partial charge in [-0.3, -0.25) is 4.79 Å². The minimum absolute atomic E-state index is 0.117. The fourth-order valence-corrected chi connectivity index (χ4v) is 3.25. The fraction of sp³-hybridized carbons (Fsp3) is 0.476. The van der Waals surface area contributed by atoms with Gasteiger partial charge in [-0.05, 0) is 57.0 Å². The number of nitrogens with one attached hydrogen (secondary N) is 2. The number of anilines is 2. The van der Waals surface area contributed by atoms with E-state index in [9.17, 15) is 4.79 Å². The van der Waals surface area contributed by atoms with Crippen LogP contribution in [0.3, 0.4) is 0 Å². The van der Waals surface area contributed by atoms with Gasteiger partial charge < -0.3 is 15.4 Å². The van der Waals surface area contributed by atoms with Crippen LogP contribution in [0.2, 0.25) is 0 Å². The van der Waals surface area contributed by atoms with Crippen molar-refractivity contribution >= 4 is 17.5 Å². The Balaban J connectivity index is 1.61. The second kappa shape index (κ2) is 9.35. The van der Waals surface area contributed by atoms with Crippen molar-refractivity contribution < 1.29 is 9.53 Å². The second-order valence-corrected chi connectivity index (χ2v) is 7.24. The van der Waals surface area contributed by atoms with Crippen LogP contribution in [0.25, 0.3) is 0 Å². The molecule has 3 rings (SSSR count). The number of carbonyl (C=O) groups is 1. The van der Waals surface area contributed by atoms with Gasteiger partial charge in [0.05, 0.1) is 6.10 Å². The van der Waals surface area contributed by atoms with Crippen LogP contribution < -0.4 is 15.4 Å². The normalized spacial score (nSPS) is 15.2. The van der Waals surface area contributed by atoms with Crippen LogP contribution in [-0.4, -0.2) is 28.0 Å². The van der Waals surface area contributed by atoms with E-state index in [1.807, 2.05) is 38.1 Å². The van der Waals surface area contributed by atoms with E-state index >= 15 is 0 Å². The Labute approximate surface area is 160 Å². The van der Waals surface area contributed by atoms with E-state index in [0.717, 1.165) is 18.6 Å². The smallest absolute Gasteiger partial charge is 0.274 e. The summed E-state index contributed by atoms with van der Waals surface area (Å²) in [4.78, 5) is 21.2. The third-order valence-electron chi connectivity index (χ3n) is 4.56. The number of hydrogen-bond donors (Lipinski definition) is 2. The monoisotopic (exact) mass is 368 g/mol. The molecule has 144 valence electrons. The number of hydrogen-bond acceptors (Lipinski definition) is 5. The number of carbonyl (C=O) groups excluding carboxylic acids is 1. The highest BCUT2D eigenvalue weighted by atomic mass is 16.5. The molecular weight excluding hydrogens is 340 g/mol. The highest BCUT2D eigenvalue weighted by molar-refractivity contribution is 6.02. The fourth-order valence-electron chi connectivity index (χ4n) is 3.25. The minimum Gasteiger partial charge on any atom is -0.491 e. The predicted octanol–water partition coefficient (Wildman–Crippen LogP) is 4.65. The highest BCUT2D eigenvalue weighted by Crippen LogP contribution is 2.20. The molecule has 0 bridgehead atoms. The first-order valence-corrected chi connectivity index (χ1v) is 9.78. The van der Waals surface area contributed by atoms with Gasteiger partial charge in [-0.2, -0.15) is 0 Å². The average molecular weight is 368 g/mol. The first kappa shape index (κ1) is 19.1. The lowest BCUT2D eigenvalue weighted by atomic mass is 10.1. The van der Waals surface area contributed by atoms with E-state index in [0.29, 0.717) is 23.4 Å². The molecule has 0 unspecified atom stereocenters. The van der Waals surface area contributed by atoms with Gasteiger partial charge in [0, 0.05) is 17.9 Å². The summed E-state index contributed by atoms with van der Waals surface area (Å²) in [6, 6.07) is 9.34. The molecule has 1 fully saturated rings. The van der Waals surface area contributed by atoms with Gasteiger partial charge >= 0.3 is 0 Å². The number of nitrogens with zero attached hydrogens (tertiary/aromatic N) is 2. The number of ether oxygens (including phenoxy) is 1. The minimum atomic E-state index is -0.251. The van der Waals surface area contributed by atoms with Gasteiger partial charge in [0.2, 0.25) is 5.95 Å². The summed E-state index contributed by atoms with van der Waals surface area (Å²) in [5.74, 6) is 1.05. The van der Waals surface area contributed by atoms with Crippen LogP contribution in [0.15, 0.2) is 36.5 Å². The third-order valence-corrected chi connectivity index (χ3v) is 4.56. The number of aromatic nitrogens is 2. The van der Waals surface area contributed by atoms with Crippen LogP contribution >= 0.6 is 0 Å². The van der Waals surface area contributed by atoms with Crippen molar-refractivity contribution in [3.05, 3.63) is 42.2 Å². The summed E-state index contributed by atoms with van der Waals surface area (Å²) in [5, 5.41) is 6.25. The molecule has 6 nitrogen and oxygen atoms in total. The lowest BCUT2D eigenvalue weighted by Gasteiger charge is -2.16. The maximum Gasteiger partial charge on any atom is 0.274 e. The van der Waals surface area contributed by atoms with E-state index in [1.165, 1.54) is 25.7 Å². The summed E-state index contributed by atoms with van der Waals surface area (Å²) < 4.78 is 5.61. The molecule has 1 amide bonds. The standard InChI is InChI=1S/C21H28N4O2/c1-15(2)27-18-11-9-17(10-12-18)23-20(26)19-13-14-22-21(25-19)24-16-7-5-3-4-6-8-16/h9-16H,3-8H2,1-2H3,(H,23,26)(H,22,24,25). The zero-order chi connectivity index (χ0) is 19.1. The van der Waals surface area contributed by atoms with Crippen molar-refractivity contribution in [2.24, 2.45) is 0 Å². The Hall–Kier alpha value is -2.63. The summed E-state index contributed by atoms with van der Waals surface area (Å²) in [7, 11) is 0. The molecule has 1 aliphatic carbocycles. The molecule has 2 aromatic rings. The van der Waals surface area contributed by atoms with E-state index in [1.54, 1.807) is 12.3 Å². The molecule has 27 heavy (non-hydrogen) atoms. The first-order chi connectivity index (χ1) is 13.1. The molecule has 0 radical (unpaired) electrons. The molecule has 1 aliphatic rings. The summed E-state index contributed by atoms with van der Waals surface area (Å²) in [5.41, 5.74) is 1.05. The van der Waals surface area contributed by atoms with Gasteiger partial charge in [-0.15, -0.1) is 0 Å². The molecule has 0 saturated heterocycles. The average Bonchev–Trinajstić information content (AvgIpc) is 2.92. The largest absolute Gasteiger partial charge is 0.491 e.